The van der Waals surface area contributed by atoms with E-state index in [1.165, 1.54) is 0 Å². The Kier molecular flexibility index (Phi) is 5.05. The van der Waals surface area contributed by atoms with Crippen LogP contribution in [0.15, 0.2) is 150 Å². The average molecular weight is 613 g/mol. The molecule has 222 valence electrons. The summed E-state index contributed by atoms with van der Waals surface area (Å²) in [6.45, 7) is 0. The molecule has 0 saturated carbocycles. The standard InChI is InChI=1S/C43H24N4O/c1-2-11-26(12-3-1)39-40(44-35-21-19-25-10-4-5-13-28(25)41(35)46-39)27-18-20-32-33(22-27)29-14-6-7-16-31(29)42-43(32)47-24-37-34(23-38(47)45-42)30-15-8-9-17-36(30)48-37/h1-24H. The number of benzene rings is 7. The molecule has 5 heteroatoms. The van der Waals surface area contributed by atoms with Gasteiger partial charge in [-0.2, -0.15) is 0 Å². The van der Waals surface area contributed by atoms with Crippen LogP contribution in [0, 0.1) is 0 Å². The van der Waals surface area contributed by atoms with E-state index >= 15 is 0 Å². The zero-order valence-corrected chi connectivity index (χ0v) is 25.6. The number of imidazole rings is 1. The van der Waals surface area contributed by atoms with E-state index in [0.717, 1.165) is 104 Å². The van der Waals surface area contributed by atoms with Crippen LogP contribution in [-0.4, -0.2) is 19.4 Å². The molecule has 0 atom stereocenters. The second-order valence-corrected chi connectivity index (χ2v) is 12.4. The molecule has 0 saturated heterocycles. The van der Waals surface area contributed by atoms with Gasteiger partial charge in [0.15, 0.2) is 5.58 Å². The Labute approximate surface area is 273 Å². The van der Waals surface area contributed by atoms with Crippen LogP contribution in [0.25, 0.3) is 104 Å². The molecule has 48 heavy (non-hydrogen) atoms. The predicted octanol–water partition coefficient (Wildman–Crippen LogP) is 11.1. The van der Waals surface area contributed by atoms with Gasteiger partial charge in [0.2, 0.25) is 0 Å². The highest BCUT2D eigenvalue weighted by Gasteiger charge is 2.20. The first-order chi connectivity index (χ1) is 23.8. The first kappa shape index (κ1) is 25.6. The Morgan fingerprint density at radius 1 is 0.438 bits per heavy atom. The van der Waals surface area contributed by atoms with Crippen molar-refractivity contribution in [1.29, 1.82) is 0 Å². The summed E-state index contributed by atoms with van der Waals surface area (Å²) in [6.07, 6.45) is 2.09. The number of nitrogens with zero attached hydrogens (tertiary/aromatic N) is 4. The van der Waals surface area contributed by atoms with Gasteiger partial charge in [0, 0.05) is 38.1 Å². The Hall–Kier alpha value is -6.59. The van der Waals surface area contributed by atoms with E-state index in [4.69, 9.17) is 19.4 Å². The van der Waals surface area contributed by atoms with E-state index < -0.39 is 0 Å². The van der Waals surface area contributed by atoms with E-state index in [-0.39, 0.29) is 0 Å². The lowest BCUT2D eigenvalue weighted by Gasteiger charge is -2.14. The van der Waals surface area contributed by atoms with Gasteiger partial charge < -0.3 is 4.42 Å². The van der Waals surface area contributed by atoms with E-state index in [1.54, 1.807) is 0 Å². The molecule has 4 aromatic heterocycles. The van der Waals surface area contributed by atoms with Crippen molar-refractivity contribution in [3.63, 3.8) is 0 Å². The van der Waals surface area contributed by atoms with Gasteiger partial charge in [-0.1, -0.05) is 115 Å². The van der Waals surface area contributed by atoms with E-state index in [1.807, 2.05) is 24.3 Å². The molecule has 11 rings (SSSR count). The smallest absolute Gasteiger partial charge is 0.152 e. The van der Waals surface area contributed by atoms with Crippen LogP contribution in [0.4, 0.5) is 0 Å². The van der Waals surface area contributed by atoms with E-state index in [9.17, 15) is 0 Å². The number of pyridine rings is 1. The molecule has 0 amide bonds. The minimum atomic E-state index is 0.840. The molecular weight excluding hydrogens is 589 g/mol. The molecule has 0 N–H and O–H groups in total. The molecule has 7 aromatic carbocycles. The molecule has 0 fully saturated rings. The summed E-state index contributed by atoms with van der Waals surface area (Å²) in [7, 11) is 0. The zero-order valence-electron chi connectivity index (χ0n) is 25.6. The lowest BCUT2D eigenvalue weighted by Crippen LogP contribution is -1.96. The largest absolute Gasteiger partial charge is 0.455 e. The third kappa shape index (κ3) is 3.53. The first-order valence-electron chi connectivity index (χ1n) is 16.1. The maximum absolute atomic E-state index is 6.31. The summed E-state index contributed by atoms with van der Waals surface area (Å²) < 4.78 is 8.49. The van der Waals surface area contributed by atoms with Crippen LogP contribution in [0.1, 0.15) is 0 Å². The van der Waals surface area contributed by atoms with E-state index in [2.05, 4.69) is 126 Å². The normalized spacial score (nSPS) is 12.2. The number of aromatic nitrogens is 4. The van der Waals surface area contributed by atoms with Gasteiger partial charge in [-0.15, -0.1) is 0 Å². The molecular formula is C43H24N4O. The van der Waals surface area contributed by atoms with Crippen LogP contribution in [0.2, 0.25) is 0 Å². The maximum atomic E-state index is 6.31. The molecule has 0 aliphatic rings. The Morgan fingerprint density at radius 3 is 2.08 bits per heavy atom. The van der Waals surface area contributed by atoms with Crippen molar-refractivity contribution in [2.75, 3.05) is 0 Å². The molecule has 4 heterocycles. The summed E-state index contributed by atoms with van der Waals surface area (Å²) in [6, 6.07) is 48.5. The quantitative estimate of drug-likeness (QED) is 0.182. The van der Waals surface area contributed by atoms with Gasteiger partial charge >= 0.3 is 0 Å². The van der Waals surface area contributed by atoms with Crippen molar-refractivity contribution < 1.29 is 4.42 Å². The molecule has 5 nitrogen and oxygen atoms in total. The Balaban J connectivity index is 1.23. The lowest BCUT2D eigenvalue weighted by molar-refractivity contribution is 0.666. The maximum Gasteiger partial charge on any atom is 0.152 e. The molecule has 0 bridgehead atoms. The van der Waals surface area contributed by atoms with Crippen LogP contribution < -0.4 is 0 Å². The zero-order chi connectivity index (χ0) is 31.3. The number of rotatable bonds is 2. The van der Waals surface area contributed by atoms with Crippen molar-refractivity contribution in [3.05, 3.63) is 146 Å². The number of fused-ring (bicyclic) bond motifs is 14. The van der Waals surface area contributed by atoms with Crippen LogP contribution in [-0.2, 0) is 0 Å². The minimum Gasteiger partial charge on any atom is -0.455 e. The highest BCUT2D eigenvalue weighted by atomic mass is 16.3. The van der Waals surface area contributed by atoms with Gasteiger partial charge in [0.05, 0.1) is 39.7 Å². The number of hydrogen-bond acceptors (Lipinski definition) is 4. The molecule has 0 radical (unpaired) electrons. The number of para-hydroxylation sites is 1. The van der Waals surface area contributed by atoms with Crippen molar-refractivity contribution >= 4 is 82.0 Å². The molecule has 0 aliphatic heterocycles. The molecule has 11 aromatic rings. The van der Waals surface area contributed by atoms with Gasteiger partial charge in [0.1, 0.15) is 11.2 Å². The fourth-order valence-corrected chi connectivity index (χ4v) is 7.54. The van der Waals surface area contributed by atoms with Crippen molar-refractivity contribution in [2.24, 2.45) is 0 Å². The van der Waals surface area contributed by atoms with Gasteiger partial charge in [-0.25, -0.2) is 15.0 Å². The lowest BCUT2D eigenvalue weighted by atomic mass is 9.95. The minimum absolute atomic E-state index is 0.840. The summed E-state index contributed by atoms with van der Waals surface area (Å²) >= 11 is 0. The van der Waals surface area contributed by atoms with E-state index in [0.29, 0.717) is 0 Å². The Morgan fingerprint density at radius 2 is 1.19 bits per heavy atom. The molecule has 0 unspecified atom stereocenters. The van der Waals surface area contributed by atoms with Gasteiger partial charge in [-0.05, 0) is 40.4 Å². The Bertz CT molecular complexity index is 3120. The average Bonchev–Trinajstić information content (AvgIpc) is 3.71. The fraction of sp³-hybridized carbons (Fsp3) is 0. The van der Waals surface area contributed by atoms with Crippen molar-refractivity contribution in [2.45, 2.75) is 0 Å². The van der Waals surface area contributed by atoms with Crippen molar-refractivity contribution in [1.82, 2.24) is 19.4 Å². The highest BCUT2D eigenvalue weighted by molar-refractivity contribution is 6.25. The summed E-state index contributed by atoms with van der Waals surface area (Å²) in [5.41, 5.74) is 10.2. The van der Waals surface area contributed by atoms with Crippen LogP contribution in [0.5, 0.6) is 0 Å². The second kappa shape index (κ2) is 9.47. The van der Waals surface area contributed by atoms with Gasteiger partial charge in [-0.3, -0.25) is 4.40 Å². The van der Waals surface area contributed by atoms with Crippen LogP contribution >= 0.6 is 0 Å². The SMILES string of the molecule is c1ccc(-c2nc3c(ccc4ccccc43)nc2-c2ccc3c(c2)c2ccccc2c2nc4cc5c(cn4c32)oc2ccccc25)cc1. The third-order valence-electron chi connectivity index (χ3n) is 9.75. The van der Waals surface area contributed by atoms with Crippen molar-refractivity contribution in [3.8, 4) is 22.5 Å². The van der Waals surface area contributed by atoms with Gasteiger partial charge in [0.25, 0.3) is 0 Å². The predicted molar refractivity (Wildman–Crippen MR) is 196 cm³/mol. The summed E-state index contributed by atoms with van der Waals surface area (Å²) in [5, 5.41) is 8.95. The topological polar surface area (TPSA) is 56.2 Å². The second-order valence-electron chi connectivity index (χ2n) is 12.4. The summed E-state index contributed by atoms with van der Waals surface area (Å²) in [4.78, 5) is 15.9. The first-order valence-corrected chi connectivity index (χ1v) is 16.1. The number of furan rings is 1. The highest BCUT2D eigenvalue weighted by Crippen LogP contribution is 2.40. The summed E-state index contributed by atoms with van der Waals surface area (Å²) in [5.74, 6) is 0. The molecule has 0 aliphatic carbocycles. The number of hydrogen-bond donors (Lipinski definition) is 0. The molecule has 0 spiro atoms. The monoisotopic (exact) mass is 612 g/mol. The third-order valence-corrected chi connectivity index (χ3v) is 9.75. The van der Waals surface area contributed by atoms with Crippen LogP contribution in [0.3, 0.4) is 0 Å². The fourth-order valence-electron chi connectivity index (χ4n) is 7.54.